The SMILES string of the molecule is NCC#Cc1ccsc1Cn1c(C(F)(F)F)cccc1=O. The second-order valence-electron chi connectivity index (χ2n) is 4.10. The number of pyridine rings is 1. The van der Waals surface area contributed by atoms with Gasteiger partial charge in [-0.3, -0.25) is 9.36 Å². The topological polar surface area (TPSA) is 48.0 Å². The molecule has 2 aromatic rings. The lowest BCUT2D eigenvalue weighted by atomic mass is 10.2. The van der Waals surface area contributed by atoms with Gasteiger partial charge in [0.15, 0.2) is 0 Å². The highest BCUT2D eigenvalue weighted by Crippen LogP contribution is 2.29. The lowest BCUT2D eigenvalue weighted by Crippen LogP contribution is -2.27. The Bertz CT molecular complexity index is 750. The van der Waals surface area contributed by atoms with Gasteiger partial charge < -0.3 is 5.73 Å². The van der Waals surface area contributed by atoms with Crippen LogP contribution in [0.3, 0.4) is 0 Å². The van der Waals surface area contributed by atoms with E-state index < -0.39 is 17.4 Å². The Morgan fingerprint density at radius 3 is 2.71 bits per heavy atom. The highest BCUT2D eigenvalue weighted by Gasteiger charge is 2.34. The summed E-state index contributed by atoms with van der Waals surface area (Å²) in [5, 5.41) is 1.72. The zero-order valence-corrected chi connectivity index (χ0v) is 11.6. The molecule has 7 heteroatoms. The number of hydrogen-bond acceptors (Lipinski definition) is 3. The second kappa shape index (κ2) is 6.16. The Morgan fingerprint density at radius 2 is 2.05 bits per heavy atom. The smallest absolute Gasteiger partial charge is 0.320 e. The van der Waals surface area contributed by atoms with Crippen molar-refractivity contribution in [3.63, 3.8) is 0 Å². The molecule has 0 amide bonds. The Labute approximate surface area is 122 Å². The molecule has 0 atom stereocenters. The van der Waals surface area contributed by atoms with Crippen LogP contribution in [-0.4, -0.2) is 11.1 Å². The first-order chi connectivity index (χ1) is 9.93. The van der Waals surface area contributed by atoms with Crippen LogP contribution in [-0.2, 0) is 12.7 Å². The van der Waals surface area contributed by atoms with Crippen LogP contribution in [0.15, 0.2) is 34.4 Å². The molecule has 2 rings (SSSR count). The van der Waals surface area contributed by atoms with Gasteiger partial charge in [0.25, 0.3) is 5.56 Å². The normalized spacial score (nSPS) is 11.0. The molecule has 2 heterocycles. The van der Waals surface area contributed by atoms with Gasteiger partial charge in [0.1, 0.15) is 5.69 Å². The number of halogens is 3. The van der Waals surface area contributed by atoms with Crippen molar-refractivity contribution in [1.82, 2.24) is 4.57 Å². The molecule has 0 bridgehead atoms. The zero-order chi connectivity index (χ0) is 15.5. The van der Waals surface area contributed by atoms with E-state index in [1.807, 2.05) is 0 Å². The van der Waals surface area contributed by atoms with Crippen LogP contribution < -0.4 is 11.3 Å². The van der Waals surface area contributed by atoms with Crippen LogP contribution in [0, 0.1) is 11.8 Å². The van der Waals surface area contributed by atoms with Crippen molar-refractivity contribution in [2.75, 3.05) is 6.54 Å². The van der Waals surface area contributed by atoms with E-state index in [2.05, 4.69) is 11.8 Å². The number of alkyl halides is 3. The molecule has 0 aliphatic heterocycles. The molecule has 0 aromatic carbocycles. The molecule has 0 spiro atoms. The molecular weight excluding hydrogens is 301 g/mol. The predicted octanol–water partition coefficient (Wildman–Crippen LogP) is 2.29. The van der Waals surface area contributed by atoms with Gasteiger partial charge in [-0.25, -0.2) is 0 Å². The molecule has 0 aliphatic carbocycles. The Hall–Kier alpha value is -2.04. The first kappa shape index (κ1) is 15.4. The van der Waals surface area contributed by atoms with Crippen molar-refractivity contribution in [3.8, 4) is 11.8 Å². The highest BCUT2D eigenvalue weighted by molar-refractivity contribution is 7.10. The molecule has 110 valence electrons. The maximum atomic E-state index is 13.0. The number of nitrogens with two attached hydrogens (primary N) is 1. The molecule has 21 heavy (non-hydrogen) atoms. The van der Waals surface area contributed by atoms with Gasteiger partial charge >= 0.3 is 6.18 Å². The van der Waals surface area contributed by atoms with Gasteiger partial charge in [0.2, 0.25) is 0 Å². The van der Waals surface area contributed by atoms with E-state index in [4.69, 9.17) is 5.73 Å². The van der Waals surface area contributed by atoms with Gasteiger partial charge in [0, 0.05) is 16.5 Å². The van der Waals surface area contributed by atoms with Crippen molar-refractivity contribution < 1.29 is 13.2 Å². The largest absolute Gasteiger partial charge is 0.431 e. The Morgan fingerprint density at radius 1 is 1.29 bits per heavy atom. The van der Waals surface area contributed by atoms with Gasteiger partial charge in [-0.15, -0.1) is 11.3 Å². The minimum atomic E-state index is -4.58. The molecule has 0 radical (unpaired) electrons. The highest BCUT2D eigenvalue weighted by atomic mass is 32.1. The van der Waals surface area contributed by atoms with Crippen LogP contribution in [0.1, 0.15) is 16.1 Å². The number of aromatic nitrogens is 1. The molecule has 0 fully saturated rings. The van der Waals surface area contributed by atoms with Crippen LogP contribution >= 0.6 is 11.3 Å². The average molecular weight is 312 g/mol. The Kier molecular flexibility index (Phi) is 4.50. The average Bonchev–Trinajstić information content (AvgIpc) is 2.84. The van der Waals surface area contributed by atoms with Gasteiger partial charge in [-0.05, 0) is 17.5 Å². The fraction of sp³-hybridized carbons (Fsp3) is 0.214. The van der Waals surface area contributed by atoms with E-state index in [-0.39, 0.29) is 13.1 Å². The van der Waals surface area contributed by atoms with Gasteiger partial charge in [-0.2, -0.15) is 13.2 Å². The summed E-state index contributed by atoms with van der Waals surface area (Å²) in [6.45, 7) is -0.00482. The molecule has 0 saturated heterocycles. The van der Waals surface area contributed by atoms with Crippen LogP contribution in [0.25, 0.3) is 0 Å². The number of hydrogen-bond donors (Lipinski definition) is 1. The summed E-state index contributed by atoms with van der Waals surface area (Å²) < 4.78 is 39.6. The second-order valence-corrected chi connectivity index (χ2v) is 5.10. The molecule has 0 saturated carbocycles. The molecule has 2 N–H and O–H groups in total. The van der Waals surface area contributed by atoms with E-state index in [0.29, 0.717) is 15.0 Å². The molecule has 3 nitrogen and oxygen atoms in total. The number of rotatable bonds is 2. The van der Waals surface area contributed by atoms with Gasteiger partial charge in [-0.1, -0.05) is 17.9 Å². The monoisotopic (exact) mass is 312 g/mol. The summed E-state index contributed by atoms with van der Waals surface area (Å²) in [4.78, 5) is 12.3. The zero-order valence-electron chi connectivity index (χ0n) is 10.8. The lowest BCUT2D eigenvalue weighted by molar-refractivity contribution is -0.144. The van der Waals surface area contributed by atoms with E-state index in [1.54, 1.807) is 11.4 Å². The third-order valence-corrected chi connectivity index (χ3v) is 3.62. The maximum Gasteiger partial charge on any atom is 0.431 e. The summed E-state index contributed by atoms with van der Waals surface area (Å²) in [6.07, 6.45) is -4.58. The van der Waals surface area contributed by atoms with Crippen molar-refractivity contribution in [2.45, 2.75) is 12.7 Å². The van der Waals surface area contributed by atoms with Crippen molar-refractivity contribution in [3.05, 3.63) is 56.1 Å². The summed E-state index contributed by atoms with van der Waals surface area (Å²) in [5.74, 6) is 5.44. The fourth-order valence-electron chi connectivity index (χ4n) is 1.80. The third-order valence-electron chi connectivity index (χ3n) is 2.71. The van der Waals surface area contributed by atoms with E-state index >= 15 is 0 Å². The summed E-state index contributed by atoms with van der Waals surface area (Å²) in [7, 11) is 0. The minimum Gasteiger partial charge on any atom is -0.320 e. The first-order valence-electron chi connectivity index (χ1n) is 5.96. The van der Waals surface area contributed by atoms with Crippen LogP contribution in [0.4, 0.5) is 13.2 Å². The van der Waals surface area contributed by atoms with Gasteiger partial charge in [0.05, 0.1) is 13.1 Å². The van der Waals surface area contributed by atoms with Crippen molar-refractivity contribution >= 4 is 11.3 Å². The Balaban J connectivity index is 2.46. The van der Waals surface area contributed by atoms with Crippen LogP contribution in [0.5, 0.6) is 0 Å². The summed E-state index contributed by atoms with van der Waals surface area (Å²) in [5.41, 5.74) is 4.20. The lowest BCUT2D eigenvalue weighted by Gasteiger charge is -2.14. The van der Waals surface area contributed by atoms with E-state index in [1.165, 1.54) is 11.3 Å². The fourth-order valence-corrected chi connectivity index (χ4v) is 2.61. The minimum absolute atomic E-state index is 0.161. The van der Waals surface area contributed by atoms with Crippen molar-refractivity contribution in [2.24, 2.45) is 5.73 Å². The van der Waals surface area contributed by atoms with E-state index in [9.17, 15) is 18.0 Å². The standard InChI is InChI=1S/C14H11F3N2OS/c15-14(16,17)12-4-1-5-13(20)19(12)9-11-10(3-2-7-18)6-8-21-11/h1,4-6,8H,7,9,18H2. The number of thiophene rings is 1. The van der Waals surface area contributed by atoms with Crippen molar-refractivity contribution in [1.29, 1.82) is 0 Å². The summed E-state index contributed by atoms with van der Waals surface area (Å²) >= 11 is 1.25. The number of nitrogens with zero attached hydrogens (tertiary/aromatic N) is 1. The third kappa shape index (κ3) is 3.54. The first-order valence-corrected chi connectivity index (χ1v) is 6.84. The molecule has 0 aliphatic rings. The predicted molar refractivity (Wildman–Crippen MR) is 75.1 cm³/mol. The molecule has 0 unspecified atom stereocenters. The molecule has 2 aromatic heterocycles. The van der Waals surface area contributed by atoms with Crippen LogP contribution in [0.2, 0.25) is 0 Å². The quantitative estimate of drug-likeness (QED) is 0.865. The summed E-state index contributed by atoms with van der Waals surface area (Å²) in [6, 6.07) is 4.80. The maximum absolute atomic E-state index is 13.0. The molecular formula is C14H11F3N2OS. The van der Waals surface area contributed by atoms with E-state index in [0.717, 1.165) is 18.2 Å².